The topological polar surface area (TPSA) is 56.7 Å². The van der Waals surface area contributed by atoms with Crippen LogP contribution in [0.2, 0.25) is 0 Å². The lowest BCUT2D eigenvalue weighted by Crippen LogP contribution is -2.03. The van der Waals surface area contributed by atoms with E-state index in [-0.39, 0.29) is 0 Å². The Morgan fingerprint density at radius 2 is 1.90 bits per heavy atom. The number of aromatic nitrogens is 3. The van der Waals surface area contributed by atoms with E-state index in [1.54, 1.807) is 17.7 Å². The Balaban J connectivity index is 1.89. The van der Waals surface area contributed by atoms with Crippen LogP contribution < -0.4 is 5.73 Å². The first-order valence-corrected chi connectivity index (χ1v) is 8.02. The molecular weight excluding hydrogens is 280 g/mol. The normalized spacial score (nSPS) is 14.1. The average Bonchev–Trinajstić information content (AvgIpc) is 3.11. The molecule has 5 heteroatoms. The van der Waals surface area contributed by atoms with Gasteiger partial charge in [-0.1, -0.05) is 18.2 Å². The average molecular weight is 296 g/mol. The molecule has 1 aliphatic carbocycles. The van der Waals surface area contributed by atoms with E-state index in [0.717, 1.165) is 34.9 Å². The molecule has 0 saturated carbocycles. The van der Waals surface area contributed by atoms with Crippen molar-refractivity contribution in [2.45, 2.75) is 25.7 Å². The Hall–Kier alpha value is -2.14. The molecule has 2 aromatic heterocycles. The maximum atomic E-state index is 6.30. The number of hydrogen-bond donors (Lipinski definition) is 1. The summed E-state index contributed by atoms with van der Waals surface area (Å²) in [5.41, 5.74) is 9.84. The molecule has 0 aliphatic heterocycles. The van der Waals surface area contributed by atoms with Gasteiger partial charge in [-0.3, -0.25) is 4.57 Å². The second-order valence-corrected chi connectivity index (χ2v) is 6.45. The number of nitrogens with two attached hydrogens (primary N) is 1. The number of thiophene rings is 1. The molecule has 0 atom stereocenters. The van der Waals surface area contributed by atoms with Gasteiger partial charge in [0, 0.05) is 10.6 Å². The fraction of sp³-hybridized carbons (Fsp3) is 0.250. The predicted molar refractivity (Wildman–Crippen MR) is 85.7 cm³/mol. The zero-order chi connectivity index (χ0) is 14.2. The van der Waals surface area contributed by atoms with E-state index in [9.17, 15) is 0 Å². The minimum atomic E-state index is 0.859. The van der Waals surface area contributed by atoms with E-state index < -0.39 is 0 Å². The molecule has 4 nitrogen and oxygen atoms in total. The Morgan fingerprint density at radius 1 is 1.10 bits per heavy atom. The van der Waals surface area contributed by atoms with E-state index in [1.165, 1.54) is 23.3 Å². The van der Waals surface area contributed by atoms with Crippen molar-refractivity contribution in [3.8, 4) is 17.1 Å². The van der Waals surface area contributed by atoms with Crippen LogP contribution in [-0.2, 0) is 12.8 Å². The molecule has 0 amide bonds. The number of anilines is 1. The standard InChI is InChI=1S/C16H16N4S/c17-15-14(12-8-4-5-9-13(12)21-15)16-19-18-10-20(16)11-6-2-1-3-7-11/h1-3,6-7,10H,4-5,8-9,17H2. The van der Waals surface area contributed by atoms with Crippen LogP contribution >= 0.6 is 11.3 Å². The minimum Gasteiger partial charge on any atom is -0.390 e. The Bertz CT molecular complexity index is 773. The predicted octanol–water partition coefficient (Wildman–Crippen LogP) is 3.46. The quantitative estimate of drug-likeness (QED) is 0.788. The summed E-state index contributed by atoms with van der Waals surface area (Å²) in [5.74, 6) is 0.859. The largest absolute Gasteiger partial charge is 0.390 e. The molecule has 1 aromatic carbocycles. The summed E-state index contributed by atoms with van der Waals surface area (Å²) >= 11 is 1.72. The Labute approximate surface area is 127 Å². The lowest BCUT2D eigenvalue weighted by molar-refractivity contribution is 0.697. The fourth-order valence-corrected chi connectivity index (χ4v) is 4.17. The summed E-state index contributed by atoms with van der Waals surface area (Å²) in [5, 5.41) is 9.32. The van der Waals surface area contributed by atoms with Gasteiger partial charge in [-0.15, -0.1) is 21.5 Å². The van der Waals surface area contributed by atoms with Crippen molar-refractivity contribution in [2.75, 3.05) is 5.73 Å². The molecule has 4 rings (SSSR count). The van der Waals surface area contributed by atoms with Gasteiger partial charge in [0.25, 0.3) is 0 Å². The maximum Gasteiger partial charge on any atom is 0.171 e. The van der Waals surface area contributed by atoms with Gasteiger partial charge in [-0.2, -0.15) is 0 Å². The highest BCUT2D eigenvalue weighted by Gasteiger charge is 2.24. The van der Waals surface area contributed by atoms with Gasteiger partial charge < -0.3 is 5.73 Å². The van der Waals surface area contributed by atoms with Crippen molar-refractivity contribution in [1.82, 2.24) is 14.8 Å². The number of hydrogen-bond acceptors (Lipinski definition) is 4. The van der Waals surface area contributed by atoms with Crippen molar-refractivity contribution < 1.29 is 0 Å². The van der Waals surface area contributed by atoms with Crippen molar-refractivity contribution >= 4 is 16.3 Å². The van der Waals surface area contributed by atoms with Gasteiger partial charge >= 0.3 is 0 Å². The second-order valence-electron chi connectivity index (χ2n) is 5.31. The number of rotatable bonds is 2. The van der Waals surface area contributed by atoms with Crippen LogP contribution in [0, 0.1) is 0 Å². The summed E-state index contributed by atoms with van der Waals surface area (Å²) in [6.45, 7) is 0. The van der Waals surface area contributed by atoms with Gasteiger partial charge in [-0.25, -0.2) is 0 Å². The SMILES string of the molecule is Nc1sc2c(c1-c1nncn1-c1ccccc1)CCCC2. The minimum absolute atomic E-state index is 0.859. The van der Waals surface area contributed by atoms with Crippen LogP contribution in [0.4, 0.5) is 5.00 Å². The third-order valence-electron chi connectivity index (χ3n) is 4.00. The van der Waals surface area contributed by atoms with Crippen molar-refractivity contribution in [1.29, 1.82) is 0 Å². The smallest absolute Gasteiger partial charge is 0.171 e. The molecule has 0 saturated heterocycles. The Kier molecular flexibility index (Phi) is 3.00. The first kappa shape index (κ1) is 12.6. The second kappa shape index (κ2) is 5.00. The van der Waals surface area contributed by atoms with E-state index in [0.29, 0.717) is 0 Å². The maximum absolute atomic E-state index is 6.30. The van der Waals surface area contributed by atoms with E-state index in [4.69, 9.17) is 5.73 Å². The third kappa shape index (κ3) is 2.05. The monoisotopic (exact) mass is 296 g/mol. The summed E-state index contributed by atoms with van der Waals surface area (Å²) in [7, 11) is 0. The zero-order valence-corrected chi connectivity index (χ0v) is 12.4. The van der Waals surface area contributed by atoms with Crippen LogP contribution in [0.5, 0.6) is 0 Å². The zero-order valence-electron chi connectivity index (χ0n) is 11.6. The number of nitrogens with zero attached hydrogens (tertiary/aromatic N) is 3. The van der Waals surface area contributed by atoms with E-state index in [1.807, 2.05) is 22.8 Å². The van der Waals surface area contributed by atoms with E-state index in [2.05, 4.69) is 22.3 Å². The summed E-state index contributed by atoms with van der Waals surface area (Å²) in [4.78, 5) is 1.43. The van der Waals surface area contributed by atoms with Crippen molar-refractivity contribution in [3.63, 3.8) is 0 Å². The molecule has 3 aromatic rings. The molecule has 0 radical (unpaired) electrons. The number of aryl methyl sites for hydroxylation is 1. The number of fused-ring (bicyclic) bond motifs is 1. The third-order valence-corrected chi connectivity index (χ3v) is 5.13. The van der Waals surface area contributed by atoms with Crippen LogP contribution in [0.3, 0.4) is 0 Å². The van der Waals surface area contributed by atoms with Crippen LogP contribution in [0.15, 0.2) is 36.7 Å². The summed E-state index contributed by atoms with van der Waals surface area (Å²) < 4.78 is 2.02. The number of benzene rings is 1. The molecular formula is C16H16N4S. The highest BCUT2D eigenvalue weighted by molar-refractivity contribution is 7.16. The fourth-order valence-electron chi connectivity index (χ4n) is 3.02. The molecule has 106 valence electrons. The van der Waals surface area contributed by atoms with Crippen LogP contribution in [0.1, 0.15) is 23.3 Å². The molecule has 2 N–H and O–H groups in total. The summed E-state index contributed by atoms with van der Waals surface area (Å²) in [6.07, 6.45) is 6.49. The van der Waals surface area contributed by atoms with Crippen LogP contribution in [-0.4, -0.2) is 14.8 Å². The van der Waals surface area contributed by atoms with Crippen molar-refractivity contribution in [3.05, 3.63) is 47.1 Å². The lowest BCUT2D eigenvalue weighted by atomic mass is 9.95. The van der Waals surface area contributed by atoms with E-state index >= 15 is 0 Å². The molecule has 21 heavy (non-hydrogen) atoms. The molecule has 0 bridgehead atoms. The van der Waals surface area contributed by atoms with Gasteiger partial charge in [0.1, 0.15) is 6.33 Å². The first-order chi connectivity index (χ1) is 10.3. The van der Waals surface area contributed by atoms with Crippen LogP contribution in [0.25, 0.3) is 17.1 Å². The molecule has 2 heterocycles. The highest BCUT2D eigenvalue weighted by atomic mass is 32.1. The highest BCUT2D eigenvalue weighted by Crippen LogP contribution is 2.42. The first-order valence-electron chi connectivity index (χ1n) is 7.20. The van der Waals surface area contributed by atoms with Gasteiger partial charge in [0.2, 0.25) is 0 Å². The summed E-state index contributed by atoms with van der Waals surface area (Å²) in [6, 6.07) is 10.2. The molecule has 1 aliphatic rings. The number of para-hydroxylation sites is 1. The van der Waals surface area contributed by atoms with Gasteiger partial charge in [-0.05, 0) is 43.4 Å². The lowest BCUT2D eigenvalue weighted by Gasteiger charge is -2.13. The van der Waals surface area contributed by atoms with Gasteiger partial charge in [0.05, 0.1) is 10.6 Å². The Morgan fingerprint density at radius 3 is 2.76 bits per heavy atom. The molecule has 0 spiro atoms. The number of nitrogen functional groups attached to an aromatic ring is 1. The van der Waals surface area contributed by atoms with Crippen molar-refractivity contribution in [2.24, 2.45) is 0 Å². The molecule has 0 unspecified atom stereocenters. The molecule has 0 fully saturated rings. The van der Waals surface area contributed by atoms with Gasteiger partial charge in [0.15, 0.2) is 5.82 Å².